The summed E-state index contributed by atoms with van der Waals surface area (Å²) in [7, 11) is 1.60. The molecule has 0 radical (unpaired) electrons. The number of carbonyl (C=O) groups is 2. The molecule has 0 aliphatic heterocycles. The molecule has 0 bridgehead atoms. The Bertz CT molecular complexity index is 459. The maximum Gasteiger partial charge on any atom is 0.228 e. The van der Waals surface area contributed by atoms with Crippen molar-refractivity contribution in [2.75, 3.05) is 7.11 Å². The zero-order valence-corrected chi connectivity index (χ0v) is 11.0. The maximum absolute atomic E-state index is 11.7. The molecular formula is C14H18O3. The predicted octanol–water partition coefficient (Wildman–Crippen LogP) is 2.90. The SMILES string of the molecule is COc1cc(C)c(C(=O)C(C)=O)cc1C(C)C. The molecule has 3 nitrogen and oxygen atoms in total. The number of rotatable bonds is 4. The number of Topliss-reactive ketones (excluding diaryl/α,β-unsaturated/α-hetero) is 2. The van der Waals surface area contributed by atoms with Crippen molar-refractivity contribution in [1.82, 2.24) is 0 Å². The zero-order valence-electron chi connectivity index (χ0n) is 11.0. The number of ether oxygens (including phenoxy) is 1. The molecule has 0 fully saturated rings. The molecule has 3 heteroatoms. The number of aryl methyl sites for hydroxylation is 1. The standard InChI is InChI=1S/C14H18O3/c1-8(2)11-7-12(14(16)10(4)15)9(3)6-13(11)17-5/h6-8H,1-5H3. The molecule has 0 saturated heterocycles. The van der Waals surface area contributed by atoms with Gasteiger partial charge in [0.15, 0.2) is 5.78 Å². The van der Waals surface area contributed by atoms with Crippen LogP contribution in [0.5, 0.6) is 5.75 Å². The van der Waals surface area contributed by atoms with E-state index in [0.717, 1.165) is 16.9 Å². The average Bonchev–Trinajstić information content (AvgIpc) is 2.27. The van der Waals surface area contributed by atoms with Crippen LogP contribution in [0.2, 0.25) is 0 Å². The van der Waals surface area contributed by atoms with E-state index < -0.39 is 11.6 Å². The van der Waals surface area contributed by atoms with Gasteiger partial charge in [-0.25, -0.2) is 0 Å². The second kappa shape index (κ2) is 5.13. The quantitative estimate of drug-likeness (QED) is 0.594. The van der Waals surface area contributed by atoms with Crippen molar-refractivity contribution in [3.63, 3.8) is 0 Å². The van der Waals surface area contributed by atoms with Crippen molar-refractivity contribution in [1.29, 1.82) is 0 Å². The first-order chi connectivity index (χ1) is 7.88. The first-order valence-corrected chi connectivity index (χ1v) is 5.62. The summed E-state index contributed by atoms with van der Waals surface area (Å²) in [5.74, 6) is 0.127. The van der Waals surface area contributed by atoms with Gasteiger partial charge in [-0.05, 0) is 36.1 Å². The molecule has 92 valence electrons. The predicted molar refractivity (Wildman–Crippen MR) is 66.8 cm³/mol. The van der Waals surface area contributed by atoms with Crippen LogP contribution in [0, 0.1) is 6.92 Å². The Morgan fingerprint density at radius 1 is 1.24 bits per heavy atom. The highest BCUT2D eigenvalue weighted by Crippen LogP contribution is 2.29. The molecule has 1 aromatic carbocycles. The van der Waals surface area contributed by atoms with Crippen molar-refractivity contribution >= 4 is 11.6 Å². The molecule has 0 aromatic heterocycles. The summed E-state index contributed by atoms with van der Waals surface area (Å²) in [6.07, 6.45) is 0. The summed E-state index contributed by atoms with van der Waals surface area (Å²) in [6.45, 7) is 7.15. The van der Waals surface area contributed by atoms with Gasteiger partial charge < -0.3 is 4.74 Å². The van der Waals surface area contributed by atoms with E-state index in [2.05, 4.69) is 0 Å². The number of carbonyl (C=O) groups excluding carboxylic acids is 2. The highest BCUT2D eigenvalue weighted by Gasteiger charge is 2.18. The van der Waals surface area contributed by atoms with Crippen molar-refractivity contribution in [2.24, 2.45) is 0 Å². The van der Waals surface area contributed by atoms with Crippen LogP contribution in [0.1, 0.15) is 48.2 Å². The molecule has 0 amide bonds. The summed E-state index contributed by atoms with van der Waals surface area (Å²) >= 11 is 0. The first kappa shape index (κ1) is 13.4. The van der Waals surface area contributed by atoms with Gasteiger partial charge in [0.25, 0.3) is 0 Å². The average molecular weight is 234 g/mol. The van der Waals surface area contributed by atoms with Crippen molar-refractivity contribution < 1.29 is 14.3 Å². The summed E-state index contributed by atoms with van der Waals surface area (Å²) in [5, 5.41) is 0. The molecule has 0 heterocycles. The van der Waals surface area contributed by atoms with E-state index in [1.165, 1.54) is 6.92 Å². The zero-order chi connectivity index (χ0) is 13.2. The minimum absolute atomic E-state index is 0.240. The van der Waals surface area contributed by atoms with Gasteiger partial charge in [0.1, 0.15) is 5.75 Å². The Balaban J connectivity index is 3.39. The van der Waals surface area contributed by atoms with Gasteiger partial charge in [-0.15, -0.1) is 0 Å². The van der Waals surface area contributed by atoms with E-state index in [-0.39, 0.29) is 5.92 Å². The number of methoxy groups -OCH3 is 1. The van der Waals surface area contributed by atoms with Gasteiger partial charge in [0, 0.05) is 12.5 Å². The van der Waals surface area contributed by atoms with Crippen molar-refractivity contribution in [2.45, 2.75) is 33.6 Å². The number of hydrogen-bond acceptors (Lipinski definition) is 3. The van der Waals surface area contributed by atoms with Crippen LogP contribution in [-0.2, 0) is 4.79 Å². The Labute approximate surface area is 102 Å². The van der Waals surface area contributed by atoms with Crippen LogP contribution in [-0.4, -0.2) is 18.7 Å². The molecule has 0 spiro atoms. The van der Waals surface area contributed by atoms with E-state index in [0.29, 0.717) is 5.56 Å². The summed E-state index contributed by atoms with van der Waals surface area (Å²) < 4.78 is 5.29. The number of hydrogen-bond donors (Lipinski definition) is 0. The molecule has 0 aliphatic rings. The third-order valence-corrected chi connectivity index (χ3v) is 2.76. The minimum atomic E-state index is -0.438. The van der Waals surface area contributed by atoms with Gasteiger partial charge in [-0.3, -0.25) is 9.59 Å². The summed E-state index contributed by atoms with van der Waals surface area (Å²) in [5.41, 5.74) is 2.19. The molecule has 0 aliphatic carbocycles. The van der Waals surface area contributed by atoms with E-state index in [1.807, 2.05) is 26.8 Å². The number of ketones is 2. The summed E-state index contributed by atoms with van der Waals surface area (Å²) in [4.78, 5) is 22.9. The van der Waals surface area contributed by atoms with Crippen LogP contribution < -0.4 is 4.74 Å². The lowest BCUT2D eigenvalue weighted by molar-refractivity contribution is -0.113. The third kappa shape index (κ3) is 2.73. The largest absolute Gasteiger partial charge is 0.496 e. The molecule has 1 rings (SSSR count). The summed E-state index contributed by atoms with van der Waals surface area (Å²) in [6, 6.07) is 3.58. The topological polar surface area (TPSA) is 43.4 Å². The highest BCUT2D eigenvalue weighted by molar-refractivity contribution is 6.43. The Hall–Kier alpha value is -1.64. The van der Waals surface area contributed by atoms with Crippen LogP contribution in [0.15, 0.2) is 12.1 Å². The van der Waals surface area contributed by atoms with Gasteiger partial charge in [-0.2, -0.15) is 0 Å². The lowest BCUT2D eigenvalue weighted by Crippen LogP contribution is -2.12. The fraction of sp³-hybridized carbons (Fsp3) is 0.429. The van der Waals surface area contributed by atoms with Gasteiger partial charge in [-0.1, -0.05) is 13.8 Å². The fourth-order valence-corrected chi connectivity index (χ4v) is 1.76. The van der Waals surface area contributed by atoms with E-state index in [4.69, 9.17) is 4.74 Å². The van der Waals surface area contributed by atoms with E-state index >= 15 is 0 Å². The third-order valence-electron chi connectivity index (χ3n) is 2.76. The Morgan fingerprint density at radius 3 is 2.24 bits per heavy atom. The lowest BCUT2D eigenvalue weighted by atomic mass is 9.94. The van der Waals surface area contributed by atoms with Gasteiger partial charge >= 0.3 is 0 Å². The molecule has 0 saturated carbocycles. The molecule has 0 N–H and O–H groups in total. The maximum atomic E-state index is 11.7. The smallest absolute Gasteiger partial charge is 0.228 e. The van der Waals surface area contributed by atoms with E-state index in [9.17, 15) is 9.59 Å². The van der Waals surface area contributed by atoms with Crippen molar-refractivity contribution in [3.8, 4) is 5.75 Å². The van der Waals surface area contributed by atoms with Gasteiger partial charge in [0.05, 0.1) is 7.11 Å². The van der Waals surface area contributed by atoms with Gasteiger partial charge in [0.2, 0.25) is 5.78 Å². The fourth-order valence-electron chi connectivity index (χ4n) is 1.76. The lowest BCUT2D eigenvalue weighted by Gasteiger charge is -2.15. The molecule has 0 unspecified atom stereocenters. The minimum Gasteiger partial charge on any atom is -0.496 e. The van der Waals surface area contributed by atoms with Crippen LogP contribution in [0.4, 0.5) is 0 Å². The van der Waals surface area contributed by atoms with Crippen molar-refractivity contribution in [3.05, 3.63) is 28.8 Å². The molecule has 1 aromatic rings. The number of benzene rings is 1. The van der Waals surface area contributed by atoms with Crippen LogP contribution in [0.3, 0.4) is 0 Å². The molecule has 17 heavy (non-hydrogen) atoms. The normalized spacial score (nSPS) is 10.5. The first-order valence-electron chi connectivity index (χ1n) is 5.62. The Kier molecular flexibility index (Phi) is 4.05. The molecular weight excluding hydrogens is 216 g/mol. The van der Waals surface area contributed by atoms with Crippen LogP contribution >= 0.6 is 0 Å². The second-order valence-electron chi connectivity index (χ2n) is 4.45. The monoisotopic (exact) mass is 234 g/mol. The Morgan fingerprint density at radius 2 is 1.82 bits per heavy atom. The second-order valence-corrected chi connectivity index (χ2v) is 4.45. The highest BCUT2D eigenvalue weighted by atomic mass is 16.5. The van der Waals surface area contributed by atoms with E-state index in [1.54, 1.807) is 13.2 Å². The van der Waals surface area contributed by atoms with Crippen LogP contribution in [0.25, 0.3) is 0 Å². The molecule has 0 atom stereocenters.